The van der Waals surface area contributed by atoms with E-state index in [2.05, 4.69) is 17.1 Å². The molecule has 1 saturated heterocycles. The third-order valence-corrected chi connectivity index (χ3v) is 4.71. The van der Waals surface area contributed by atoms with Gasteiger partial charge in [0, 0.05) is 36.6 Å². The molecule has 2 aromatic rings. The number of H-pyrrole nitrogens is 1. The van der Waals surface area contributed by atoms with Gasteiger partial charge < -0.3 is 15.0 Å². The minimum absolute atomic E-state index is 0.147. The molecule has 3 rings (SSSR count). The van der Waals surface area contributed by atoms with Crippen molar-refractivity contribution >= 4 is 22.8 Å². The number of piperidine rings is 1. The lowest BCUT2D eigenvalue weighted by Crippen LogP contribution is -2.40. The number of aromatic nitrogens is 1. The summed E-state index contributed by atoms with van der Waals surface area (Å²) in [6.07, 6.45) is 5.39. The zero-order valence-corrected chi connectivity index (χ0v) is 13.1. The number of carbonyl (C=O) groups excluding carboxylic acids is 1. The number of benzene rings is 1. The Labute approximate surface area is 135 Å². The third kappa shape index (κ3) is 3.55. The minimum Gasteiger partial charge on any atom is -0.481 e. The van der Waals surface area contributed by atoms with E-state index in [4.69, 9.17) is 5.11 Å². The van der Waals surface area contributed by atoms with Crippen LogP contribution in [0.5, 0.6) is 0 Å². The number of carboxylic acid groups (broad SMARTS) is 1. The van der Waals surface area contributed by atoms with E-state index in [0.717, 1.165) is 18.4 Å². The van der Waals surface area contributed by atoms with E-state index >= 15 is 0 Å². The maximum Gasteiger partial charge on any atom is 0.306 e. The molecule has 23 heavy (non-hydrogen) atoms. The Balaban J connectivity index is 1.47. The summed E-state index contributed by atoms with van der Waals surface area (Å²) in [6, 6.07) is 8.18. The lowest BCUT2D eigenvalue weighted by atomic mass is 9.96. The topological polar surface area (TPSA) is 73.4 Å². The number of para-hydroxylation sites is 1. The molecule has 0 saturated carbocycles. The van der Waals surface area contributed by atoms with E-state index in [1.54, 1.807) is 0 Å². The SMILES string of the molecule is O=C(O)C1CCN(C(=O)CCCc2c[nH]c3ccccc23)CC1. The van der Waals surface area contributed by atoms with Crippen molar-refractivity contribution < 1.29 is 14.7 Å². The van der Waals surface area contributed by atoms with Crippen molar-refractivity contribution in [1.82, 2.24) is 9.88 Å². The second-order valence-electron chi connectivity index (χ2n) is 6.21. The first kappa shape index (κ1) is 15.6. The van der Waals surface area contributed by atoms with E-state index in [1.807, 2.05) is 23.2 Å². The van der Waals surface area contributed by atoms with Gasteiger partial charge in [-0.3, -0.25) is 9.59 Å². The van der Waals surface area contributed by atoms with Crippen LogP contribution in [0.2, 0.25) is 0 Å². The molecule has 5 nitrogen and oxygen atoms in total. The molecule has 122 valence electrons. The third-order valence-electron chi connectivity index (χ3n) is 4.71. The molecule has 1 aromatic carbocycles. The van der Waals surface area contributed by atoms with E-state index in [9.17, 15) is 9.59 Å². The molecular formula is C18H22N2O3. The number of hydrogen-bond acceptors (Lipinski definition) is 2. The molecule has 1 aromatic heterocycles. The fourth-order valence-corrected chi connectivity index (χ4v) is 3.30. The molecular weight excluding hydrogens is 292 g/mol. The van der Waals surface area contributed by atoms with Crippen molar-refractivity contribution in [3.05, 3.63) is 36.0 Å². The Hall–Kier alpha value is -2.30. The zero-order chi connectivity index (χ0) is 16.2. The largest absolute Gasteiger partial charge is 0.481 e. The van der Waals surface area contributed by atoms with E-state index in [0.29, 0.717) is 32.4 Å². The number of aryl methyl sites for hydroxylation is 1. The number of aliphatic carboxylic acids is 1. The summed E-state index contributed by atoms with van der Waals surface area (Å²) in [4.78, 5) is 28.2. The zero-order valence-electron chi connectivity index (χ0n) is 13.1. The van der Waals surface area contributed by atoms with Crippen molar-refractivity contribution in [3.8, 4) is 0 Å². The van der Waals surface area contributed by atoms with E-state index in [-0.39, 0.29) is 11.8 Å². The lowest BCUT2D eigenvalue weighted by Gasteiger charge is -2.30. The van der Waals surface area contributed by atoms with E-state index in [1.165, 1.54) is 10.9 Å². The maximum atomic E-state index is 12.2. The molecule has 0 spiro atoms. The van der Waals surface area contributed by atoms with Crippen LogP contribution in [0.4, 0.5) is 0 Å². The van der Waals surface area contributed by atoms with Gasteiger partial charge in [-0.2, -0.15) is 0 Å². The number of rotatable bonds is 5. The summed E-state index contributed by atoms with van der Waals surface area (Å²) >= 11 is 0. The van der Waals surface area contributed by atoms with Gasteiger partial charge >= 0.3 is 5.97 Å². The number of nitrogens with zero attached hydrogens (tertiary/aromatic N) is 1. The second kappa shape index (κ2) is 6.86. The van der Waals surface area contributed by atoms with Gasteiger partial charge in [-0.25, -0.2) is 0 Å². The highest BCUT2D eigenvalue weighted by atomic mass is 16.4. The van der Waals surface area contributed by atoms with Crippen LogP contribution in [0, 0.1) is 5.92 Å². The number of amides is 1. The second-order valence-corrected chi connectivity index (χ2v) is 6.21. The van der Waals surface area contributed by atoms with Gasteiger partial charge in [-0.05, 0) is 37.3 Å². The Morgan fingerprint density at radius 2 is 1.96 bits per heavy atom. The van der Waals surface area contributed by atoms with Crippen molar-refractivity contribution in [3.63, 3.8) is 0 Å². The molecule has 2 N–H and O–H groups in total. The Morgan fingerprint density at radius 3 is 2.70 bits per heavy atom. The molecule has 2 heterocycles. The summed E-state index contributed by atoms with van der Waals surface area (Å²) in [7, 11) is 0. The number of aromatic amines is 1. The van der Waals surface area contributed by atoms with Crippen LogP contribution in [-0.4, -0.2) is 40.0 Å². The summed E-state index contributed by atoms with van der Waals surface area (Å²) in [5.74, 6) is -0.879. The number of carbonyl (C=O) groups is 2. The summed E-state index contributed by atoms with van der Waals surface area (Å²) in [5, 5.41) is 10.2. The predicted octanol–water partition coefficient (Wildman–Crippen LogP) is 2.81. The van der Waals surface area contributed by atoms with Gasteiger partial charge in [0.25, 0.3) is 0 Å². The highest BCUT2D eigenvalue weighted by Crippen LogP contribution is 2.21. The van der Waals surface area contributed by atoms with Gasteiger partial charge in [0.15, 0.2) is 0 Å². The van der Waals surface area contributed by atoms with Crippen LogP contribution in [0.3, 0.4) is 0 Å². The van der Waals surface area contributed by atoms with Gasteiger partial charge in [0.2, 0.25) is 5.91 Å². The summed E-state index contributed by atoms with van der Waals surface area (Å²) < 4.78 is 0. The van der Waals surface area contributed by atoms with Crippen molar-refractivity contribution in [2.75, 3.05) is 13.1 Å². The molecule has 1 amide bonds. The number of likely N-dealkylation sites (tertiary alicyclic amines) is 1. The van der Waals surface area contributed by atoms with Crippen LogP contribution < -0.4 is 0 Å². The van der Waals surface area contributed by atoms with Crippen LogP contribution in [0.15, 0.2) is 30.5 Å². The highest BCUT2D eigenvalue weighted by Gasteiger charge is 2.26. The summed E-state index contributed by atoms with van der Waals surface area (Å²) in [6.45, 7) is 1.14. The number of fused-ring (bicyclic) bond motifs is 1. The van der Waals surface area contributed by atoms with Crippen LogP contribution in [0.25, 0.3) is 10.9 Å². The molecule has 1 fully saturated rings. The Bertz CT molecular complexity index is 699. The van der Waals surface area contributed by atoms with Gasteiger partial charge in [-0.15, -0.1) is 0 Å². The summed E-state index contributed by atoms with van der Waals surface area (Å²) in [5.41, 5.74) is 2.38. The average molecular weight is 314 g/mol. The smallest absolute Gasteiger partial charge is 0.306 e. The predicted molar refractivity (Wildman–Crippen MR) is 88.2 cm³/mol. The molecule has 1 aliphatic rings. The van der Waals surface area contributed by atoms with Crippen molar-refractivity contribution in [1.29, 1.82) is 0 Å². The maximum absolute atomic E-state index is 12.2. The monoisotopic (exact) mass is 314 g/mol. The van der Waals surface area contributed by atoms with Crippen LogP contribution in [0.1, 0.15) is 31.2 Å². The molecule has 5 heteroatoms. The van der Waals surface area contributed by atoms with Crippen molar-refractivity contribution in [2.24, 2.45) is 5.92 Å². The first-order chi connectivity index (χ1) is 11.1. The molecule has 0 unspecified atom stereocenters. The fraction of sp³-hybridized carbons (Fsp3) is 0.444. The molecule has 0 radical (unpaired) electrons. The van der Waals surface area contributed by atoms with E-state index < -0.39 is 5.97 Å². The Kier molecular flexibility index (Phi) is 4.65. The first-order valence-corrected chi connectivity index (χ1v) is 8.20. The number of nitrogens with one attached hydrogen (secondary N) is 1. The molecule has 0 aliphatic carbocycles. The molecule has 0 atom stereocenters. The lowest BCUT2D eigenvalue weighted by molar-refractivity contribution is -0.145. The standard InChI is InChI=1S/C18H22N2O3/c21-17(20-10-8-13(9-11-20)18(22)23)7-3-4-14-12-19-16-6-2-1-5-15(14)16/h1-2,5-6,12-13,19H,3-4,7-11H2,(H,22,23). The number of carboxylic acids is 1. The fourth-order valence-electron chi connectivity index (χ4n) is 3.30. The first-order valence-electron chi connectivity index (χ1n) is 8.20. The average Bonchev–Trinajstić information content (AvgIpc) is 2.98. The number of hydrogen-bond donors (Lipinski definition) is 2. The van der Waals surface area contributed by atoms with Crippen LogP contribution >= 0.6 is 0 Å². The quantitative estimate of drug-likeness (QED) is 0.891. The molecule has 1 aliphatic heterocycles. The minimum atomic E-state index is -0.739. The normalized spacial score (nSPS) is 15.9. The highest BCUT2D eigenvalue weighted by molar-refractivity contribution is 5.83. The van der Waals surface area contributed by atoms with Gasteiger partial charge in [0.05, 0.1) is 5.92 Å². The Morgan fingerprint density at radius 1 is 1.22 bits per heavy atom. The van der Waals surface area contributed by atoms with Gasteiger partial charge in [-0.1, -0.05) is 18.2 Å². The van der Waals surface area contributed by atoms with Crippen molar-refractivity contribution in [2.45, 2.75) is 32.1 Å². The molecule has 0 bridgehead atoms. The van der Waals surface area contributed by atoms with Gasteiger partial charge in [0.1, 0.15) is 0 Å². The van der Waals surface area contributed by atoms with Crippen LogP contribution in [-0.2, 0) is 16.0 Å².